The predicted molar refractivity (Wildman–Crippen MR) is 67.4 cm³/mol. The Morgan fingerprint density at radius 1 is 1.31 bits per heavy atom. The van der Waals surface area contributed by atoms with Crippen molar-refractivity contribution in [2.75, 3.05) is 13.2 Å². The van der Waals surface area contributed by atoms with Crippen molar-refractivity contribution in [3.8, 4) is 5.75 Å². The Morgan fingerprint density at radius 2 is 2.12 bits per heavy atom. The van der Waals surface area contributed by atoms with Crippen LogP contribution < -0.4 is 16.2 Å². The first-order valence-corrected chi connectivity index (χ1v) is 5.96. The fourth-order valence-corrected chi connectivity index (χ4v) is 1.68. The Labute approximate surface area is 97.8 Å². The zero-order chi connectivity index (χ0) is 11.8. The summed E-state index contributed by atoms with van der Waals surface area (Å²) in [5.74, 6) is 0.897. The molecule has 90 valence electrons. The second kappa shape index (κ2) is 7.25. The summed E-state index contributed by atoms with van der Waals surface area (Å²) in [4.78, 5) is 0. The molecule has 0 bridgehead atoms. The van der Waals surface area contributed by atoms with E-state index in [-0.39, 0.29) is 6.04 Å². The topological polar surface area (TPSA) is 61.3 Å². The van der Waals surface area contributed by atoms with Crippen LogP contribution in [0.2, 0.25) is 0 Å². The summed E-state index contributed by atoms with van der Waals surface area (Å²) in [7, 11) is 0. The minimum absolute atomic E-state index is 0.0898. The van der Waals surface area contributed by atoms with Gasteiger partial charge in [0, 0.05) is 6.04 Å². The lowest BCUT2D eigenvalue weighted by Gasteiger charge is -2.13. The Bertz CT molecular complexity index is 302. The van der Waals surface area contributed by atoms with Gasteiger partial charge in [0.1, 0.15) is 5.75 Å². The highest BCUT2D eigenvalue weighted by molar-refractivity contribution is 5.30. The van der Waals surface area contributed by atoms with Crippen molar-refractivity contribution in [3.63, 3.8) is 0 Å². The molecule has 0 aliphatic carbocycles. The van der Waals surface area contributed by atoms with Crippen LogP contribution in [0.15, 0.2) is 24.3 Å². The van der Waals surface area contributed by atoms with Gasteiger partial charge in [0.25, 0.3) is 0 Å². The van der Waals surface area contributed by atoms with Crippen LogP contribution in [0, 0.1) is 0 Å². The highest BCUT2D eigenvalue weighted by Gasteiger charge is 2.06. The van der Waals surface area contributed by atoms with Gasteiger partial charge in [0.15, 0.2) is 0 Å². The summed E-state index contributed by atoms with van der Waals surface area (Å²) in [6.45, 7) is 3.41. The maximum Gasteiger partial charge on any atom is 0.119 e. The SMILES string of the molecule is CCOc1cccc([C@@H](N)CCCCN)c1. The zero-order valence-corrected chi connectivity index (χ0v) is 9.99. The van der Waals surface area contributed by atoms with Crippen LogP contribution in [0.4, 0.5) is 0 Å². The molecule has 0 saturated heterocycles. The number of unbranched alkanes of at least 4 members (excludes halogenated alkanes) is 1. The van der Waals surface area contributed by atoms with Crippen LogP contribution in [-0.4, -0.2) is 13.2 Å². The van der Waals surface area contributed by atoms with Crippen molar-refractivity contribution in [2.24, 2.45) is 11.5 Å². The van der Waals surface area contributed by atoms with Gasteiger partial charge in [-0.2, -0.15) is 0 Å². The Balaban J connectivity index is 2.53. The molecule has 4 N–H and O–H groups in total. The Morgan fingerprint density at radius 3 is 2.81 bits per heavy atom. The van der Waals surface area contributed by atoms with Gasteiger partial charge in [0.05, 0.1) is 6.61 Å². The Hall–Kier alpha value is -1.06. The van der Waals surface area contributed by atoms with Gasteiger partial charge in [-0.3, -0.25) is 0 Å². The minimum atomic E-state index is 0.0898. The number of rotatable bonds is 7. The molecule has 0 heterocycles. The molecule has 0 fully saturated rings. The van der Waals surface area contributed by atoms with Crippen molar-refractivity contribution in [3.05, 3.63) is 29.8 Å². The van der Waals surface area contributed by atoms with E-state index >= 15 is 0 Å². The summed E-state index contributed by atoms with van der Waals surface area (Å²) in [6.07, 6.45) is 3.10. The third kappa shape index (κ3) is 4.21. The molecule has 0 aromatic heterocycles. The molecule has 0 radical (unpaired) electrons. The van der Waals surface area contributed by atoms with E-state index in [4.69, 9.17) is 16.2 Å². The molecule has 0 amide bonds. The number of ether oxygens (including phenoxy) is 1. The maximum atomic E-state index is 6.10. The molecule has 3 heteroatoms. The van der Waals surface area contributed by atoms with Crippen molar-refractivity contribution < 1.29 is 4.74 Å². The maximum absolute atomic E-state index is 6.10. The molecule has 0 aliphatic heterocycles. The van der Waals surface area contributed by atoms with Crippen LogP contribution in [0.1, 0.15) is 37.8 Å². The molecule has 0 aliphatic rings. The van der Waals surface area contributed by atoms with Gasteiger partial charge in [-0.25, -0.2) is 0 Å². The fraction of sp³-hybridized carbons (Fsp3) is 0.538. The summed E-state index contributed by atoms with van der Waals surface area (Å²) in [5, 5.41) is 0. The predicted octanol–water partition coefficient (Wildman–Crippen LogP) is 2.21. The van der Waals surface area contributed by atoms with E-state index in [0.29, 0.717) is 6.61 Å². The smallest absolute Gasteiger partial charge is 0.119 e. The number of hydrogen-bond acceptors (Lipinski definition) is 3. The van der Waals surface area contributed by atoms with E-state index in [1.807, 2.05) is 25.1 Å². The second-order valence-electron chi connectivity index (χ2n) is 3.90. The highest BCUT2D eigenvalue weighted by Crippen LogP contribution is 2.21. The van der Waals surface area contributed by atoms with Gasteiger partial charge in [-0.1, -0.05) is 18.6 Å². The van der Waals surface area contributed by atoms with Gasteiger partial charge < -0.3 is 16.2 Å². The summed E-state index contributed by atoms with van der Waals surface area (Å²) in [6, 6.07) is 8.11. The number of hydrogen-bond donors (Lipinski definition) is 2. The largest absolute Gasteiger partial charge is 0.494 e. The van der Waals surface area contributed by atoms with Gasteiger partial charge in [-0.05, 0) is 44.0 Å². The monoisotopic (exact) mass is 222 g/mol. The molecule has 16 heavy (non-hydrogen) atoms. The number of nitrogens with two attached hydrogens (primary N) is 2. The zero-order valence-electron chi connectivity index (χ0n) is 9.99. The van der Waals surface area contributed by atoms with E-state index in [2.05, 4.69) is 6.07 Å². The van der Waals surface area contributed by atoms with Gasteiger partial charge in [-0.15, -0.1) is 0 Å². The standard InChI is InChI=1S/C13H22N2O/c1-2-16-12-7-5-6-11(10-12)13(15)8-3-4-9-14/h5-7,10,13H,2-4,8-9,14-15H2,1H3/t13-/m0/s1. The lowest BCUT2D eigenvalue weighted by atomic mass is 10.0. The second-order valence-corrected chi connectivity index (χ2v) is 3.90. The lowest BCUT2D eigenvalue weighted by molar-refractivity contribution is 0.339. The molecule has 1 aromatic rings. The molecule has 3 nitrogen and oxygen atoms in total. The third-order valence-corrected chi connectivity index (χ3v) is 2.57. The average Bonchev–Trinajstić information content (AvgIpc) is 2.30. The van der Waals surface area contributed by atoms with E-state index in [1.54, 1.807) is 0 Å². The molecule has 1 rings (SSSR count). The summed E-state index contributed by atoms with van der Waals surface area (Å²) in [5.41, 5.74) is 12.7. The van der Waals surface area contributed by atoms with Crippen LogP contribution in [0.5, 0.6) is 5.75 Å². The minimum Gasteiger partial charge on any atom is -0.494 e. The van der Waals surface area contributed by atoms with E-state index < -0.39 is 0 Å². The highest BCUT2D eigenvalue weighted by atomic mass is 16.5. The number of benzene rings is 1. The van der Waals surface area contributed by atoms with Crippen LogP contribution >= 0.6 is 0 Å². The Kier molecular flexibility index (Phi) is 5.90. The summed E-state index contributed by atoms with van der Waals surface area (Å²) < 4.78 is 5.45. The molecule has 0 unspecified atom stereocenters. The van der Waals surface area contributed by atoms with E-state index in [1.165, 1.54) is 0 Å². The molecule has 1 aromatic carbocycles. The first kappa shape index (κ1) is 13.0. The van der Waals surface area contributed by atoms with Crippen molar-refractivity contribution in [1.29, 1.82) is 0 Å². The molecule has 0 saturated carbocycles. The van der Waals surface area contributed by atoms with Crippen LogP contribution in [0.3, 0.4) is 0 Å². The van der Waals surface area contributed by atoms with Crippen molar-refractivity contribution in [1.82, 2.24) is 0 Å². The fourth-order valence-electron chi connectivity index (χ4n) is 1.68. The summed E-state index contributed by atoms with van der Waals surface area (Å²) >= 11 is 0. The van der Waals surface area contributed by atoms with Gasteiger partial charge in [0.2, 0.25) is 0 Å². The quantitative estimate of drug-likeness (QED) is 0.695. The molecule has 0 spiro atoms. The molecular formula is C13H22N2O. The van der Waals surface area contributed by atoms with Gasteiger partial charge >= 0.3 is 0 Å². The average molecular weight is 222 g/mol. The third-order valence-electron chi connectivity index (χ3n) is 2.57. The van der Waals surface area contributed by atoms with Crippen LogP contribution in [-0.2, 0) is 0 Å². The van der Waals surface area contributed by atoms with E-state index in [9.17, 15) is 0 Å². The first-order chi connectivity index (χ1) is 7.77. The molecule has 1 atom stereocenters. The van der Waals surface area contributed by atoms with Crippen molar-refractivity contribution in [2.45, 2.75) is 32.2 Å². The molecular weight excluding hydrogens is 200 g/mol. The van der Waals surface area contributed by atoms with Crippen LogP contribution in [0.25, 0.3) is 0 Å². The first-order valence-electron chi connectivity index (χ1n) is 5.96. The lowest BCUT2D eigenvalue weighted by Crippen LogP contribution is -2.11. The van der Waals surface area contributed by atoms with Crippen molar-refractivity contribution >= 4 is 0 Å². The van der Waals surface area contributed by atoms with E-state index in [0.717, 1.165) is 37.1 Å². The normalized spacial score (nSPS) is 12.4.